The fourth-order valence-electron chi connectivity index (χ4n) is 1.40. The molecule has 1 fully saturated rings. The van der Waals surface area contributed by atoms with Crippen molar-refractivity contribution in [2.24, 2.45) is 0 Å². The number of ether oxygens (including phenoxy) is 1. The molecule has 1 aliphatic rings. The van der Waals surface area contributed by atoms with Gasteiger partial charge in [0, 0.05) is 6.61 Å². The predicted octanol–water partition coefficient (Wildman–Crippen LogP) is 0.443. The van der Waals surface area contributed by atoms with Gasteiger partial charge >= 0.3 is 0 Å². The second-order valence-corrected chi connectivity index (χ2v) is 4.06. The number of carbonyl (C=O) groups is 1. The summed E-state index contributed by atoms with van der Waals surface area (Å²) >= 11 is 0. The molecule has 0 aromatic rings. The summed E-state index contributed by atoms with van der Waals surface area (Å²) in [6, 6.07) is 0. The topological polar surface area (TPSA) is 58.6 Å². The normalized spacial score (nSPS) is 25.8. The van der Waals surface area contributed by atoms with Gasteiger partial charge in [0.2, 0.25) is 5.91 Å². The average Bonchev–Trinajstić information content (AvgIpc) is 2.70. The summed E-state index contributed by atoms with van der Waals surface area (Å²) < 4.78 is 5.26. The number of hydrogen-bond acceptors (Lipinski definition) is 3. The maximum atomic E-state index is 11.6. The molecule has 4 heteroatoms. The zero-order valence-electron chi connectivity index (χ0n) is 8.88. The van der Waals surface area contributed by atoms with E-state index < -0.39 is 5.54 Å². The molecule has 14 heavy (non-hydrogen) atoms. The SMILES string of the molecule is CCC(C)(CO)NC(=O)[C@H]1CCCO1. The maximum absolute atomic E-state index is 11.6. The summed E-state index contributed by atoms with van der Waals surface area (Å²) in [4.78, 5) is 11.6. The van der Waals surface area contributed by atoms with Gasteiger partial charge < -0.3 is 15.2 Å². The number of hydrogen-bond donors (Lipinski definition) is 2. The Hall–Kier alpha value is -0.610. The second kappa shape index (κ2) is 4.75. The van der Waals surface area contributed by atoms with Gasteiger partial charge in [-0.05, 0) is 26.2 Å². The van der Waals surface area contributed by atoms with Crippen LogP contribution in [0.3, 0.4) is 0 Å². The lowest BCUT2D eigenvalue weighted by Crippen LogP contribution is -2.51. The van der Waals surface area contributed by atoms with E-state index in [1.54, 1.807) is 0 Å². The number of nitrogens with one attached hydrogen (secondary N) is 1. The number of amides is 1. The van der Waals surface area contributed by atoms with Gasteiger partial charge in [-0.15, -0.1) is 0 Å². The van der Waals surface area contributed by atoms with Crippen molar-refractivity contribution < 1.29 is 14.6 Å². The largest absolute Gasteiger partial charge is 0.394 e. The molecule has 0 spiro atoms. The number of rotatable bonds is 4. The molecule has 1 saturated heterocycles. The van der Waals surface area contributed by atoms with E-state index in [9.17, 15) is 4.79 Å². The zero-order chi connectivity index (χ0) is 10.6. The molecule has 0 saturated carbocycles. The van der Waals surface area contributed by atoms with Crippen LogP contribution in [0.25, 0.3) is 0 Å². The van der Waals surface area contributed by atoms with Crippen LogP contribution in [0.4, 0.5) is 0 Å². The number of carbonyl (C=O) groups excluding carboxylic acids is 1. The van der Waals surface area contributed by atoms with Gasteiger partial charge in [0.05, 0.1) is 12.1 Å². The average molecular weight is 201 g/mol. The van der Waals surface area contributed by atoms with Crippen LogP contribution in [0.15, 0.2) is 0 Å². The minimum atomic E-state index is -0.511. The first kappa shape index (κ1) is 11.5. The van der Waals surface area contributed by atoms with E-state index in [1.807, 2.05) is 13.8 Å². The molecular weight excluding hydrogens is 182 g/mol. The van der Waals surface area contributed by atoms with E-state index in [-0.39, 0.29) is 18.6 Å². The van der Waals surface area contributed by atoms with Crippen LogP contribution in [-0.2, 0) is 9.53 Å². The van der Waals surface area contributed by atoms with Crippen LogP contribution in [0.5, 0.6) is 0 Å². The molecule has 1 heterocycles. The highest BCUT2D eigenvalue weighted by atomic mass is 16.5. The molecule has 0 aliphatic carbocycles. The quantitative estimate of drug-likeness (QED) is 0.694. The van der Waals surface area contributed by atoms with Gasteiger partial charge in [-0.25, -0.2) is 0 Å². The van der Waals surface area contributed by atoms with Crippen LogP contribution < -0.4 is 5.32 Å². The summed E-state index contributed by atoms with van der Waals surface area (Å²) in [6.45, 7) is 4.40. The molecule has 4 nitrogen and oxygen atoms in total. The molecule has 0 radical (unpaired) electrons. The molecule has 1 rings (SSSR count). The van der Waals surface area contributed by atoms with Gasteiger partial charge in [0.15, 0.2) is 0 Å². The lowest BCUT2D eigenvalue weighted by atomic mass is 10.00. The Balaban J connectivity index is 2.45. The predicted molar refractivity (Wildman–Crippen MR) is 52.9 cm³/mol. The first-order valence-corrected chi connectivity index (χ1v) is 5.16. The van der Waals surface area contributed by atoms with E-state index >= 15 is 0 Å². The fraction of sp³-hybridized carbons (Fsp3) is 0.900. The Morgan fingerprint density at radius 1 is 1.71 bits per heavy atom. The molecule has 0 aromatic carbocycles. The minimum absolute atomic E-state index is 0.0397. The van der Waals surface area contributed by atoms with Gasteiger partial charge in [0.1, 0.15) is 6.10 Å². The third-order valence-electron chi connectivity index (χ3n) is 2.78. The first-order chi connectivity index (χ1) is 6.61. The van der Waals surface area contributed by atoms with Crippen molar-refractivity contribution in [3.8, 4) is 0 Å². The monoisotopic (exact) mass is 201 g/mol. The lowest BCUT2D eigenvalue weighted by molar-refractivity contribution is -0.132. The Morgan fingerprint density at radius 3 is 2.86 bits per heavy atom. The summed E-state index contributed by atoms with van der Waals surface area (Å²) in [7, 11) is 0. The third kappa shape index (κ3) is 2.69. The Labute approximate surface area is 84.6 Å². The Bertz CT molecular complexity index is 196. The first-order valence-electron chi connectivity index (χ1n) is 5.16. The Kier molecular flexibility index (Phi) is 3.89. The standard InChI is InChI=1S/C10H19NO3/c1-3-10(2,7-12)11-9(13)8-5-4-6-14-8/h8,12H,3-7H2,1-2H3,(H,11,13)/t8-,10?/m1/s1. The summed E-state index contributed by atoms with van der Waals surface area (Å²) in [5.41, 5.74) is -0.511. The second-order valence-electron chi connectivity index (χ2n) is 4.06. The van der Waals surface area contributed by atoms with E-state index in [0.29, 0.717) is 13.0 Å². The van der Waals surface area contributed by atoms with E-state index in [2.05, 4.69) is 5.32 Å². The Morgan fingerprint density at radius 2 is 2.43 bits per heavy atom. The molecule has 0 bridgehead atoms. The highest BCUT2D eigenvalue weighted by Crippen LogP contribution is 2.14. The van der Waals surface area contributed by atoms with E-state index in [0.717, 1.165) is 12.8 Å². The van der Waals surface area contributed by atoms with Crippen LogP contribution in [0.2, 0.25) is 0 Å². The van der Waals surface area contributed by atoms with Crippen LogP contribution >= 0.6 is 0 Å². The minimum Gasteiger partial charge on any atom is -0.394 e. The van der Waals surface area contributed by atoms with Crippen molar-refractivity contribution >= 4 is 5.91 Å². The lowest BCUT2D eigenvalue weighted by Gasteiger charge is -2.28. The van der Waals surface area contributed by atoms with Crippen LogP contribution in [0, 0.1) is 0 Å². The van der Waals surface area contributed by atoms with Crippen molar-refractivity contribution in [2.45, 2.75) is 44.8 Å². The highest BCUT2D eigenvalue weighted by molar-refractivity contribution is 5.81. The van der Waals surface area contributed by atoms with Crippen LogP contribution in [-0.4, -0.2) is 35.9 Å². The van der Waals surface area contributed by atoms with Gasteiger partial charge in [-0.3, -0.25) is 4.79 Å². The van der Waals surface area contributed by atoms with Gasteiger partial charge in [0.25, 0.3) is 0 Å². The summed E-state index contributed by atoms with van der Waals surface area (Å²) in [6.07, 6.45) is 2.13. The third-order valence-corrected chi connectivity index (χ3v) is 2.78. The molecule has 1 unspecified atom stereocenters. The maximum Gasteiger partial charge on any atom is 0.249 e. The molecule has 1 amide bonds. The molecule has 2 atom stereocenters. The number of aliphatic hydroxyl groups is 1. The van der Waals surface area contributed by atoms with Crippen molar-refractivity contribution in [1.82, 2.24) is 5.32 Å². The van der Waals surface area contributed by atoms with E-state index in [1.165, 1.54) is 0 Å². The molecular formula is C10H19NO3. The fourth-order valence-corrected chi connectivity index (χ4v) is 1.40. The van der Waals surface area contributed by atoms with Crippen molar-refractivity contribution in [1.29, 1.82) is 0 Å². The van der Waals surface area contributed by atoms with Crippen LogP contribution in [0.1, 0.15) is 33.1 Å². The molecule has 82 valence electrons. The smallest absolute Gasteiger partial charge is 0.249 e. The van der Waals surface area contributed by atoms with Gasteiger partial charge in [-0.1, -0.05) is 6.92 Å². The van der Waals surface area contributed by atoms with E-state index in [4.69, 9.17) is 9.84 Å². The molecule has 0 aromatic heterocycles. The number of aliphatic hydroxyl groups excluding tert-OH is 1. The van der Waals surface area contributed by atoms with Gasteiger partial charge in [-0.2, -0.15) is 0 Å². The summed E-state index contributed by atoms with van der Waals surface area (Å²) in [5, 5.41) is 11.9. The summed E-state index contributed by atoms with van der Waals surface area (Å²) in [5.74, 6) is -0.0964. The molecule has 2 N–H and O–H groups in total. The van der Waals surface area contributed by atoms with Crippen molar-refractivity contribution in [3.63, 3.8) is 0 Å². The molecule has 1 aliphatic heterocycles. The zero-order valence-corrected chi connectivity index (χ0v) is 8.88. The van der Waals surface area contributed by atoms with Crippen molar-refractivity contribution in [2.75, 3.05) is 13.2 Å². The van der Waals surface area contributed by atoms with Crippen molar-refractivity contribution in [3.05, 3.63) is 0 Å². The highest BCUT2D eigenvalue weighted by Gasteiger charge is 2.29.